The van der Waals surface area contributed by atoms with Crippen molar-refractivity contribution in [1.82, 2.24) is 4.90 Å². The summed E-state index contributed by atoms with van der Waals surface area (Å²) in [6.07, 6.45) is 3.89. The van der Waals surface area contributed by atoms with E-state index in [0.29, 0.717) is 25.4 Å². The number of piperidine rings is 1. The highest BCUT2D eigenvalue weighted by molar-refractivity contribution is 6.30. The Morgan fingerprint density at radius 2 is 2.18 bits per heavy atom. The van der Waals surface area contributed by atoms with Gasteiger partial charge in [0.1, 0.15) is 5.82 Å². The predicted molar refractivity (Wildman–Crippen MR) is 83.4 cm³/mol. The van der Waals surface area contributed by atoms with Crippen LogP contribution in [0.4, 0.5) is 4.39 Å². The highest BCUT2D eigenvalue weighted by Gasteiger charge is 2.47. The van der Waals surface area contributed by atoms with Gasteiger partial charge >= 0.3 is 0 Å². The van der Waals surface area contributed by atoms with E-state index in [1.54, 1.807) is 4.90 Å². The lowest BCUT2D eigenvalue weighted by Crippen LogP contribution is -2.57. The highest BCUT2D eigenvalue weighted by Crippen LogP contribution is 2.44. The first kappa shape index (κ1) is 15.8. The van der Waals surface area contributed by atoms with Crippen LogP contribution in [0.5, 0.6) is 0 Å². The SMILES string of the molecule is C[C@@H]1CN(C(=O)c2ccc(Cl)cc2F)CC[C@@]1(O)C1CCC1. The smallest absolute Gasteiger partial charge is 0.256 e. The van der Waals surface area contributed by atoms with E-state index in [2.05, 4.69) is 0 Å². The molecule has 2 aliphatic rings. The maximum atomic E-state index is 13.9. The molecule has 120 valence electrons. The summed E-state index contributed by atoms with van der Waals surface area (Å²) < 4.78 is 13.9. The fourth-order valence-electron chi connectivity index (χ4n) is 3.67. The number of carbonyl (C=O) groups is 1. The zero-order valence-corrected chi connectivity index (χ0v) is 13.4. The molecule has 0 aromatic heterocycles. The first-order valence-electron chi connectivity index (χ1n) is 7.88. The van der Waals surface area contributed by atoms with Gasteiger partial charge in [-0.3, -0.25) is 4.79 Å². The minimum atomic E-state index is -0.673. The quantitative estimate of drug-likeness (QED) is 0.904. The summed E-state index contributed by atoms with van der Waals surface area (Å²) in [5.74, 6) is -0.556. The molecule has 1 saturated heterocycles. The summed E-state index contributed by atoms with van der Waals surface area (Å²) in [5.41, 5.74) is -0.626. The largest absolute Gasteiger partial charge is 0.389 e. The number of benzene rings is 1. The summed E-state index contributed by atoms with van der Waals surface area (Å²) >= 11 is 5.73. The molecule has 5 heteroatoms. The van der Waals surface area contributed by atoms with Crippen molar-refractivity contribution in [2.24, 2.45) is 11.8 Å². The van der Waals surface area contributed by atoms with Gasteiger partial charge in [-0.1, -0.05) is 24.9 Å². The standard InChI is InChI=1S/C17H21ClFNO2/c1-11-10-20(8-7-17(11,22)12-3-2-4-12)16(21)14-6-5-13(18)9-15(14)19/h5-6,9,11-12,22H,2-4,7-8,10H2,1H3/t11-,17+/m1/s1. The van der Waals surface area contributed by atoms with Crippen LogP contribution in [0.1, 0.15) is 43.0 Å². The molecule has 1 aromatic rings. The zero-order valence-electron chi connectivity index (χ0n) is 12.7. The summed E-state index contributed by atoms with van der Waals surface area (Å²) in [4.78, 5) is 14.1. The molecule has 1 N–H and O–H groups in total. The van der Waals surface area contributed by atoms with Gasteiger partial charge in [-0.05, 0) is 43.4 Å². The van der Waals surface area contributed by atoms with E-state index in [1.165, 1.54) is 18.6 Å². The Morgan fingerprint density at radius 1 is 1.45 bits per heavy atom. The molecule has 22 heavy (non-hydrogen) atoms. The second kappa shape index (κ2) is 5.82. The normalized spacial score (nSPS) is 29.3. The summed E-state index contributed by atoms with van der Waals surface area (Å²) in [5, 5.41) is 11.2. The molecule has 3 nitrogen and oxygen atoms in total. The molecule has 0 bridgehead atoms. The Kier molecular flexibility index (Phi) is 4.17. The molecular weight excluding hydrogens is 305 g/mol. The molecule has 2 atom stereocenters. The van der Waals surface area contributed by atoms with Crippen molar-refractivity contribution in [1.29, 1.82) is 0 Å². The minimum absolute atomic E-state index is 0.00543. The van der Waals surface area contributed by atoms with Crippen LogP contribution in [0.3, 0.4) is 0 Å². The van der Waals surface area contributed by atoms with Crippen molar-refractivity contribution in [3.05, 3.63) is 34.6 Å². The van der Waals surface area contributed by atoms with Crippen molar-refractivity contribution in [2.75, 3.05) is 13.1 Å². The third kappa shape index (κ3) is 2.63. The van der Waals surface area contributed by atoms with Crippen molar-refractivity contribution in [2.45, 2.75) is 38.2 Å². The van der Waals surface area contributed by atoms with Crippen molar-refractivity contribution in [3.8, 4) is 0 Å². The van der Waals surface area contributed by atoms with Crippen LogP contribution in [0.2, 0.25) is 5.02 Å². The zero-order chi connectivity index (χ0) is 15.9. The van der Waals surface area contributed by atoms with E-state index < -0.39 is 11.4 Å². The Labute approximate surface area is 135 Å². The molecule has 1 aliphatic heterocycles. The monoisotopic (exact) mass is 325 g/mol. The number of amides is 1. The third-order valence-electron chi connectivity index (χ3n) is 5.39. The third-order valence-corrected chi connectivity index (χ3v) is 5.63. The van der Waals surface area contributed by atoms with E-state index in [-0.39, 0.29) is 22.4 Å². The molecule has 1 aromatic carbocycles. The minimum Gasteiger partial charge on any atom is -0.389 e. The van der Waals surface area contributed by atoms with Crippen LogP contribution in [0, 0.1) is 17.7 Å². The van der Waals surface area contributed by atoms with E-state index in [4.69, 9.17) is 11.6 Å². The van der Waals surface area contributed by atoms with Crippen LogP contribution in [-0.4, -0.2) is 34.6 Å². The van der Waals surface area contributed by atoms with Gasteiger partial charge in [-0.15, -0.1) is 0 Å². The Hall–Kier alpha value is -1.13. The van der Waals surface area contributed by atoms with Crippen molar-refractivity contribution in [3.63, 3.8) is 0 Å². The van der Waals surface area contributed by atoms with Crippen LogP contribution in [0.25, 0.3) is 0 Å². The molecule has 2 fully saturated rings. The number of likely N-dealkylation sites (tertiary alicyclic amines) is 1. The topological polar surface area (TPSA) is 40.5 Å². The lowest BCUT2D eigenvalue weighted by molar-refractivity contribution is -0.122. The van der Waals surface area contributed by atoms with Crippen molar-refractivity contribution >= 4 is 17.5 Å². The van der Waals surface area contributed by atoms with Crippen LogP contribution < -0.4 is 0 Å². The van der Waals surface area contributed by atoms with Crippen LogP contribution in [-0.2, 0) is 0 Å². The summed E-state index contributed by atoms with van der Waals surface area (Å²) in [7, 11) is 0. The Balaban J connectivity index is 1.73. The molecule has 0 unspecified atom stereocenters. The average molecular weight is 326 g/mol. The van der Waals surface area contributed by atoms with E-state index in [0.717, 1.165) is 18.9 Å². The van der Waals surface area contributed by atoms with Gasteiger partial charge in [0.05, 0.1) is 11.2 Å². The number of rotatable bonds is 2. The lowest BCUT2D eigenvalue weighted by atomic mass is 9.65. The van der Waals surface area contributed by atoms with Gasteiger partial charge in [0.25, 0.3) is 5.91 Å². The fraction of sp³-hybridized carbons (Fsp3) is 0.588. The maximum absolute atomic E-state index is 13.9. The Morgan fingerprint density at radius 3 is 2.73 bits per heavy atom. The van der Waals surface area contributed by atoms with Crippen LogP contribution in [0.15, 0.2) is 18.2 Å². The molecule has 1 heterocycles. The number of hydrogen-bond acceptors (Lipinski definition) is 2. The summed E-state index contributed by atoms with van der Waals surface area (Å²) in [6.45, 7) is 2.92. The molecular formula is C17H21ClFNO2. The number of hydrogen-bond donors (Lipinski definition) is 1. The average Bonchev–Trinajstić information content (AvgIpc) is 2.39. The fourth-order valence-corrected chi connectivity index (χ4v) is 3.83. The van der Waals surface area contributed by atoms with E-state index in [9.17, 15) is 14.3 Å². The molecule has 1 saturated carbocycles. The van der Waals surface area contributed by atoms with Crippen molar-refractivity contribution < 1.29 is 14.3 Å². The molecule has 3 rings (SSSR count). The van der Waals surface area contributed by atoms with E-state index >= 15 is 0 Å². The molecule has 0 radical (unpaired) electrons. The van der Waals surface area contributed by atoms with Gasteiger partial charge in [-0.2, -0.15) is 0 Å². The first-order chi connectivity index (χ1) is 10.4. The van der Waals surface area contributed by atoms with Gasteiger partial charge in [0.2, 0.25) is 0 Å². The second-order valence-corrected chi connectivity index (χ2v) is 7.08. The van der Waals surface area contributed by atoms with E-state index in [1.807, 2.05) is 6.92 Å². The predicted octanol–water partition coefficient (Wildman–Crippen LogP) is 3.49. The molecule has 1 amide bonds. The molecule has 1 aliphatic carbocycles. The number of carbonyl (C=O) groups excluding carboxylic acids is 1. The van der Waals surface area contributed by atoms with Gasteiger partial charge < -0.3 is 10.0 Å². The van der Waals surface area contributed by atoms with Crippen LogP contribution >= 0.6 is 11.6 Å². The van der Waals surface area contributed by atoms with Gasteiger partial charge in [0.15, 0.2) is 0 Å². The van der Waals surface area contributed by atoms with Gasteiger partial charge in [0, 0.05) is 24.0 Å². The number of halogens is 2. The lowest BCUT2D eigenvalue weighted by Gasteiger charge is -2.50. The number of nitrogens with zero attached hydrogens (tertiary/aromatic N) is 1. The van der Waals surface area contributed by atoms with Gasteiger partial charge in [-0.25, -0.2) is 4.39 Å². The highest BCUT2D eigenvalue weighted by atomic mass is 35.5. The Bertz CT molecular complexity index is 590. The first-order valence-corrected chi connectivity index (χ1v) is 8.26. The maximum Gasteiger partial charge on any atom is 0.256 e. The number of aliphatic hydroxyl groups is 1. The summed E-state index contributed by atoms with van der Waals surface area (Å²) in [6, 6.07) is 4.11. The second-order valence-electron chi connectivity index (χ2n) is 6.65. The molecule has 0 spiro atoms.